The summed E-state index contributed by atoms with van der Waals surface area (Å²) in [6, 6.07) is 0. The van der Waals surface area contributed by atoms with Crippen LogP contribution in [0.5, 0.6) is 0 Å². The zero-order valence-electron chi connectivity index (χ0n) is 12.4. The van der Waals surface area contributed by atoms with Gasteiger partial charge in [0.15, 0.2) is 0 Å². The van der Waals surface area contributed by atoms with E-state index in [4.69, 9.17) is 0 Å². The summed E-state index contributed by atoms with van der Waals surface area (Å²) < 4.78 is 0.936. The number of likely N-dealkylation sites (N-methyl/N-ethyl adjacent to an activating group) is 1. The maximum Gasteiger partial charge on any atom is 0.224 e. The van der Waals surface area contributed by atoms with Gasteiger partial charge in [-0.1, -0.05) is 13.8 Å². The third-order valence-electron chi connectivity index (χ3n) is 2.65. The van der Waals surface area contributed by atoms with Gasteiger partial charge >= 0.3 is 0 Å². The quantitative estimate of drug-likeness (QED) is 0.831. The van der Waals surface area contributed by atoms with Crippen LogP contribution in [0.1, 0.15) is 13.8 Å². The topological polar surface area (TPSA) is 44.3 Å². The fourth-order valence-electron chi connectivity index (χ4n) is 1.75. The maximum absolute atomic E-state index is 4.56. The van der Waals surface area contributed by atoms with Crippen LogP contribution >= 0.6 is 15.9 Å². The van der Waals surface area contributed by atoms with Crippen LogP contribution in [0.4, 0.5) is 11.8 Å². The summed E-state index contributed by atoms with van der Waals surface area (Å²) in [6.45, 7) is 7.36. The number of aromatic nitrogens is 2. The Kier molecular flexibility index (Phi) is 6.51. The van der Waals surface area contributed by atoms with Crippen LogP contribution < -0.4 is 10.2 Å². The van der Waals surface area contributed by atoms with Crippen molar-refractivity contribution in [2.24, 2.45) is 5.92 Å². The highest BCUT2D eigenvalue weighted by Gasteiger charge is 2.14. The average Bonchev–Trinajstić information content (AvgIpc) is 2.34. The average molecular weight is 330 g/mol. The third-order valence-corrected chi connectivity index (χ3v) is 3.21. The lowest BCUT2D eigenvalue weighted by molar-refractivity contribution is 0.408. The molecular weight excluding hydrogens is 306 g/mol. The van der Waals surface area contributed by atoms with Crippen molar-refractivity contribution in [1.82, 2.24) is 14.9 Å². The molecule has 0 aliphatic rings. The summed E-state index contributed by atoms with van der Waals surface area (Å²) in [5, 5.41) is 2.99. The Labute approximate surface area is 124 Å². The number of hydrogen-bond acceptors (Lipinski definition) is 5. The zero-order valence-corrected chi connectivity index (χ0v) is 14.0. The molecule has 0 bridgehead atoms. The second-order valence-electron chi connectivity index (χ2n) is 5.26. The molecule has 1 heterocycles. The fraction of sp³-hybridized carbons (Fsp3) is 0.692. The Bertz CT molecular complexity index is 395. The van der Waals surface area contributed by atoms with E-state index in [-0.39, 0.29) is 0 Å². The highest BCUT2D eigenvalue weighted by molar-refractivity contribution is 9.10. The van der Waals surface area contributed by atoms with Gasteiger partial charge in [0.25, 0.3) is 0 Å². The molecule has 0 aromatic carbocycles. The van der Waals surface area contributed by atoms with Gasteiger partial charge in [0.05, 0.1) is 4.47 Å². The van der Waals surface area contributed by atoms with Crippen LogP contribution in [-0.4, -0.2) is 55.6 Å². The van der Waals surface area contributed by atoms with E-state index in [0.717, 1.165) is 29.9 Å². The number of nitrogens with one attached hydrogen (secondary N) is 1. The van der Waals surface area contributed by atoms with Gasteiger partial charge in [0.2, 0.25) is 5.95 Å². The van der Waals surface area contributed by atoms with Gasteiger partial charge in [-0.2, -0.15) is 4.98 Å². The van der Waals surface area contributed by atoms with Crippen molar-refractivity contribution in [2.45, 2.75) is 13.8 Å². The van der Waals surface area contributed by atoms with Crippen molar-refractivity contribution in [2.75, 3.05) is 51.0 Å². The van der Waals surface area contributed by atoms with Gasteiger partial charge in [0, 0.05) is 32.9 Å². The lowest BCUT2D eigenvalue weighted by atomic mass is 10.2. The second kappa shape index (κ2) is 7.65. The largest absolute Gasteiger partial charge is 0.357 e. The first-order valence-electron chi connectivity index (χ1n) is 6.54. The first-order chi connectivity index (χ1) is 8.93. The van der Waals surface area contributed by atoms with Crippen LogP contribution in [0, 0.1) is 5.92 Å². The van der Waals surface area contributed by atoms with Crippen LogP contribution in [0.3, 0.4) is 0 Å². The fourth-order valence-corrected chi connectivity index (χ4v) is 2.19. The zero-order chi connectivity index (χ0) is 14.4. The predicted molar refractivity (Wildman–Crippen MR) is 84.9 cm³/mol. The first-order valence-corrected chi connectivity index (χ1v) is 7.33. The molecule has 108 valence electrons. The van der Waals surface area contributed by atoms with Crippen LogP contribution in [0.25, 0.3) is 0 Å². The summed E-state index contributed by atoms with van der Waals surface area (Å²) in [7, 11) is 6.00. The molecule has 1 aromatic heterocycles. The molecule has 1 N–H and O–H groups in total. The van der Waals surface area contributed by atoms with E-state index < -0.39 is 0 Å². The Balaban J connectivity index is 2.94. The number of halogens is 1. The smallest absolute Gasteiger partial charge is 0.224 e. The number of rotatable bonds is 7. The van der Waals surface area contributed by atoms with E-state index in [1.165, 1.54) is 0 Å². The number of hydrogen-bond donors (Lipinski definition) is 1. The minimum Gasteiger partial charge on any atom is -0.357 e. The molecule has 19 heavy (non-hydrogen) atoms. The molecule has 6 heteroatoms. The molecule has 0 radical (unpaired) electrons. The van der Waals surface area contributed by atoms with Gasteiger partial charge in [-0.25, -0.2) is 4.98 Å². The van der Waals surface area contributed by atoms with Crippen LogP contribution in [0.2, 0.25) is 0 Å². The Morgan fingerprint density at radius 3 is 2.53 bits per heavy atom. The van der Waals surface area contributed by atoms with Crippen LogP contribution in [0.15, 0.2) is 10.7 Å². The van der Waals surface area contributed by atoms with Crippen molar-refractivity contribution in [3.05, 3.63) is 10.7 Å². The molecule has 0 atom stereocenters. The monoisotopic (exact) mass is 329 g/mol. The first kappa shape index (κ1) is 16.2. The Morgan fingerprint density at radius 1 is 1.32 bits per heavy atom. The van der Waals surface area contributed by atoms with E-state index in [1.54, 1.807) is 6.20 Å². The standard InChI is InChI=1S/C13H24BrN5/c1-10(2)9-19(7-6-18(4)5)12-11(14)8-16-13(15-3)17-12/h8,10H,6-7,9H2,1-5H3,(H,15,16,17). The molecule has 0 aliphatic carbocycles. The molecule has 0 saturated heterocycles. The second-order valence-corrected chi connectivity index (χ2v) is 6.11. The maximum atomic E-state index is 4.56. The summed E-state index contributed by atoms with van der Waals surface area (Å²) in [4.78, 5) is 13.3. The molecular formula is C13H24BrN5. The lowest BCUT2D eigenvalue weighted by Crippen LogP contribution is -2.35. The number of nitrogens with zero attached hydrogens (tertiary/aromatic N) is 4. The summed E-state index contributed by atoms with van der Waals surface area (Å²) in [6.07, 6.45) is 1.80. The van der Waals surface area contributed by atoms with Crippen molar-refractivity contribution < 1.29 is 0 Å². The van der Waals surface area contributed by atoms with Crippen molar-refractivity contribution in [1.29, 1.82) is 0 Å². The highest BCUT2D eigenvalue weighted by Crippen LogP contribution is 2.24. The van der Waals surface area contributed by atoms with Gasteiger partial charge in [-0.05, 0) is 35.9 Å². The molecule has 5 nitrogen and oxygen atoms in total. The van der Waals surface area contributed by atoms with Gasteiger partial charge in [0.1, 0.15) is 5.82 Å². The highest BCUT2D eigenvalue weighted by atomic mass is 79.9. The van der Waals surface area contributed by atoms with E-state index >= 15 is 0 Å². The van der Waals surface area contributed by atoms with Crippen molar-refractivity contribution in [3.63, 3.8) is 0 Å². The van der Waals surface area contributed by atoms with Gasteiger partial charge in [-0.15, -0.1) is 0 Å². The minimum atomic E-state index is 0.585. The SMILES string of the molecule is CNc1ncc(Br)c(N(CCN(C)C)CC(C)C)n1. The molecule has 0 spiro atoms. The van der Waals surface area contributed by atoms with Crippen LogP contribution in [-0.2, 0) is 0 Å². The van der Waals surface area contributed by atoms with Crippen molar-refractivity contribution >= 4 is 27.7 Å². The normalized spacial score (nSPS) is 11.2. The predicted octanol–water partition coefficient (Wildman–Crippen LogP) is 2.30. The van der Waals surface area contributed by atoms with Gasteiger partial charge in [-0.3, -0.25) is 0 Å². The van der Waals surface area contributed by atoms with E-state index in [2.05, 4.69) is 69.0 Å². The van der Waals surface area contributed by atoms with E-state index in [9.17, 15) is 0 Å². The Hall–Kier alpha value is -0.880. The number of anilines is 2. The van der Waals surface area contributed by atoms with E-state index in [1.807, 2.05) is 7.05 Å². The third kappa shape index (κ3) is 5.32. The summed E-state index contributed by atoms with van der Waals surface area (Å²) in [5.41, 5.74) is 0. The molecule has 0 amide bonds. The summed E-state index contributed by atoms with van der Waals surface area (Å²) in [5.74, 6) is 2.19. The molecule has 0 fully saturated rings. The lowest BCUT2D eigenvalue weighted by Gasteiger charge is -2.28. The molecule has 0 unspecified atom stereocenters. The van der Waals surface area contributed by atoms with Gasteiger partial charge < -0.3 is 15.1 Å². The molecule has 1 rings (SSSR count). The molecule has 1 aromatic rings. The molecule has 0 aliphatic heterocycles. The Morgan fingerprint density at radius 2 is 2.00 bits per heavy atom. The van der Waals surface area contributed by atoms with E-state index in [0.29, 0.717) is 11.9 Å². The molecule has 0 saturated carbocycles. The summed E-state index contributed by atoms with van der Waals surface area (Å²) >= 11 is 3.55. The minimum absolute atomic E-state index is 0.585. The van der Waals surface area contributed by atoms with Crippen molar-refractivity contribution in [3.8, 4) is 0 Å².